The number of carboxylic acid groups (broad SMARTS) is 3. The first kappa shape index (κ1) is 15.2. The van der Waals surface area contributed by atoms with Crippen molar-refractivity contribution in [2.45, 2.75) is 0 Å². The van der Waals surface area contributed by atoms with Crippen LogP contribution in [0.5, 0.6) is 0 Å². The van der Waals surface area contributed by atoms with Crippen LogP contribution in [-0.4, -0.2) is 33.2 Å². The van der Waals surface area contributed by atoms with Crippen molar-refractivity contribution in [3.05, 3.63) is 33.4 Å². The number of benzene rings is 1. The van der Waals surface area contributed by atoms with E-state index in [0.717, 1.165) is 0 Å². The van der Waals surface area contributed by atoms with Crippen molar-refractivity contribution in [1.82, 2.24) is 0 Å². The molecule has 3 N–H and O–H groups in total. The number of hydrogen-bond donors (Lipinski definition) is 3. The molecule has 0 fully saturated rings. The fourth-order valence-corrected chi connectivity index (χ4v) is 1.73. The number of rotatable bonds is 3. The number of nitriles is 3. The highest BCUT2D eigenvalue weighted by atomic mass is 16.4. The van der Waals surface area contributed by atoms with E-state index in [1.165, 1.54) is 18.2 Å². The van der Waals surface area contributed by atoms with Gasteiger partial charge in [0.1, 0.15) is 18.2 Å². The molecule has 0 unspecified atom stereocenters. The van der Waals surface area contributed by atoms with Crippen molar-refractivity contribution in [3.8, 4) is 18.2 Å². The number of hydrogen-bond acceptors (Lipinski definition) is 6. The molecule has 0 bridgehead atoms. The largest absolute Gasteiger partial charge is 0.478 e. The lowest BCUT2D eigenvalue weighted by atomic mass is 9.87. The Morgan fingerprint density at radius 3 is 0.905 bits per heavy atom. The molecule has 9 heteroatoms. The lowest BCUT2D eigenvalue weighted by Gasteiger charge is -2.11. The van der Waals surface area contributed by atoms with Gasteiger partial charge in [-0.05, 0) is 0 Å². The minimum absolute atomic E-state index is 0.951. The van der Waals surface area contributed by atoms with Gasteiger partial charge in [0.15, 0.2) is 0 Å². The van der Waals surface area contributed by atoms with Crippen LogP contribution in [0.2, 0.25) is 0 Å². The van der Waals surface area contributed by atoms with E-state index in [0.29, 0.717) is 0 Å². The molecule has 9 nitrogen and oxygen atoms in total. The predicted octanol–water partition coefficient (Wildman–Crippen LogP) is 0.396. The molecular weight excluding hydrogens is 282 g/mol. The van der Waals surface area contributed by atoms with Crippen molar-refractivity contribution in [1.29, 1.82) is 15.8 Å². The third kappa shape index (κ3) is 2.21. The van der Waals surface area contributed by atoms with Gasteiger partial charge in [0.05, 0.1) is 33.4 Å². The summed E-state index contributed by atoms with van der Waals surface area (Å²) in [6.07, 6.45) is 0. The van der Waals surface area contributed by atoms with E-state index < -0.39 is 51.3 Å². The SMILES string of the molecule is N#Cc1c(C(=O)O)c(C#N)c(C(=O)O)c(C#N)c1C(=O)O. The van der Waals surface area contributed by atoms with E-state index >= 15 is 0 Å². The molecule has 0 aromatic heterocycles. The average Bonchev–Trinajstić information content (AvgIpc) is 2.42. The highest BCUT2D eigenvalue weighted by molar-refractivity contribution is 6.08. The maximum atomic E-state index is 11.1. The van der Waals surface area contributed by atoms with Gasteiger partial charge in [-0.15, -0.1) is 0 Å². The Kier molecular flexibility index (Phi) is 3.89. The quantitative estimate of drug-likeness (QED) is 0.706. The molecule has 0 radical (unpaired) electrons. The Hall–Kier alpha value is -3.90. The van der Waals surface area contributed by atoms with Gasteiger partial charge in [-0.25, -0.2) is 14.4 Å². The van der Waals surface area contributed by atoms with Gasteiger partial charge < -0.3 is 15.3 Å². The van der Waals surface area contributed by atoms with Gasteiger partial charge in [0.2, 0.25) is 0 Å². The normalized spacial score (nSPS) is 9.00. The van der Waals surface area contributed by atoms with E-state index in [4.69, 9.17) is 31.1 Å². The Bertz CT molecular complexity index is 689. The van der Waals surface area contributed by atoms with E-state index in [1.807, 2.05) is 0 Å². The molecule has 0 heterocycles. The zero-order valence-electron chi connectivity index (χ0n) is 9.91. The van der Waals surface area contributed by atoms with E-state index in [9.17, 15) is 14.4 Å². The van der Waals surface area contributed by atoms with Crippen LogP contribution in [0.15, 0.2) is 0 Å². The van der Waals surface area contributed by atoms with Gasteiger partial charge in [-0.3, -0.25) is 0 Å². The molecule has 0 saturated heterocycles. The van der Waals surface area contributed by atoms with E-state index in [1.54, 1.807) is 0 Å². The Morgan fingerprint density at radius 1 is 0.619 bits per heavy atom. The highest BCUT2D eigenvalue weighted by Gasteiger charge is 2.33. The molecular formula is C12H3N3O6. The van der Waals surface area contributed by atoms with Gasteiger partial charge in [-0.2, -0.15) is 15.8 Å². The first-order valence-electron chi connectivity index (χ1n) is 4.95. The van der Waals surface area contributed by atoms with E-state index in [2.05, 4.69) is 0 Å². The Balaban J connectivity index is 4.32. The number of aromatic carboxylic acids is 3. The number of nitrogens with zero attached hydrogens (tertiary/aromatic N) is 3. The molecule has 1 rings (SSSR count). The summed E-state index contributed by atoms with van der Waals surface area (Å²) in [5.74, 6) is -5.55. The molecule has 0 spiro atoms. The maximum absolute atomic E-state index is 11.1. The van der Waals surface area contributed by atoms with Crippen LogP contribution < -0.4 is 0 Å². The van der Waals surface area contributed by atoms with Crippen molar-refractivity contribution in [2.24, 2.45) is 0 Å². The summed E-state index contributed by atoms with van der Waals surface area (Å²) in [4.78, 5) is 33.4. The second kappa shape index (κ2) is 5.39. The minimum Gasteiger partial charge on any atom is -0.478 e. The molecule has 0 amide bonds. The highest BCUT2D eigenvalue weighted by Crippen LogP contribution is 2.28. The lowest BCUT2D eigenvalue weighted by Crippen LogP contribution is -2.18. The molecule has 1 aromatic carbocycles. The summed E-state index contributed by atoms with van der Waals surface area (Å²) >= 11 is 0. The molecule has 0 aliphatic heterocycles. The standard InChI is InChI=1S/C12H3N3O6/c13-1-4-7(10(16)17)5(2-14)9(12(20)21)6(3-15)8(4)11(18)19/h(H,16,17)(H,18,19)(H,20,21). The summed E-state index contributed by atoms with van der Waals surface area (Å²) in [6, 6.07) is 3.86. The Labute approximate surface area is 116 Å². The van der Waals surface area contributed by atoms with Gasteiger partial charge in [0, 0.05) is 0 Å². The molecule has 1 aromatic rings. The average molecular weight is 285 g/mol. The molecule has 0 atom stereocenters. The maximum Gasteiger partial charge on any atom is 0.338 e. The van der Waals surface area contributed by atoms with Crippen molar-refractivity contribution in [2.75, 3.05) is 0 Å². The van der Waals surface area contributed by atoms with Crippen LogP contribution in [0, 0.1) is 34.0 Å². The molecule has 21 heavy (non-hydrogen) atoms. The second-order valence-corrected chi connectivity index (χ2v) is 3.50. The van der Waals surface area contributed by atoms with Gasteiger partial charge in [0.25, 0.3) is 0 Å². The Morgan fingerprint density at radius 2 is 0.810 bits per heavy atom. The predicted molar refractivity (Wildman–Crippen MR) is 61.5 cm³/mol. The van der Waals surface area contributed by atoms with Gasteiger partial charge >= 0.3 is 17.9 Å². The van der Waals surface area contributed by atoms with Crippen LogP contribution >= 0.6 is 0 Å². The van der Waals surface area contributed by atoms with Crippen molar-refractivity contribution >= 4 is 17.9 Å². The summed E-state index contributed by atoms with van der Waals surface area (Å²) < 4.78 is 0. The van der Waals surface area contributed by atoms with Crippen LogP contribution in [0.3, 0.4) is 0 Å². The summed E-state index contributed by atoms with van der Waals surface area (Å²) in [5.41, 5.74) is -6.04. The number of carbonyl (C=O) groups is 3. The summed E-state index contributed by atoms with van der Waals surface area (Å²) in [6.45, 7) is 0. The molecule has 102 valence electrons. The first-order chi connectivity index (χ1) is 9.81. The monoisotopic (exact) mass is 285 g/mol. The van der Waals surface area contributed by atoms with Crippen LogP contribution in [0.1, 0.15) is 47.8 Å². The summed E-state index contributed by atoms with van der Waals surface area (Å²) in [5, 5.41) is 53.8. The lowest BCUT2D eigenvalue weighted by molar-refractivity contribution is 0.0695. The van der Waals surface area contributed by atoms with Crippen LogP contribution in [0.4, 0.5) is 0 Å². The van der Waals surface area contributed by atoms with Crippen molar-refractivity contribution < 1.29 is 29.7 Å². The third-order valence-corrected chi connectivity index (χ3v) is 2.48. The topological polar surface area (TPSA) is 183 Å². The van der Waals surface area contributed by atoms with Gasteiger partial charge in [-0.1, -0.05) is 0 Å². The molecule has 0 aliphatic rings. The zero-order valence-corrected chi connectivity index (χ0v) is 9.91. The summed E-state index contributed by atoms with van der Waals surface area (Å²) in [7, 11) is 0. The third-order valence-electron chi connectivity index (χ3n) is 2.48. The van der Waals surface area contributed by atoms with E-state index in [-0.39, 0.29) is 0 Å². The van der Waals surface area contributed by atoms with Crippen LogP contribution in [-0.2, 0) is 0 Å². The first-order valence-corrected chi connectivity index (χ1v) is 4.95. The smallest absolute Gasteiger partial charge is 0.338 e. The minimum atomic E-state index is -1.85. The fourth-order valence-electron chi connectivity index (χ4n) is 1.73. The second-order valence-electron chi connectivity index (χ2n) is 3.50. The van der Waals surface area contributed by atoms with Crippen LogP contribution in [0.25, 0.3) is 0 Å². The van der Waals surface area contributed by atoms with Crippen molar-refractivity contribution in [3.63, 3.8) is 0 Å². The fraction of sp³-hybridized carbons (Fsp3) is 0. The zero-order chi connectivity index (χ0) is 16.3. The molecule has 0 aliphatic carbocycles. The number of carboxylic acids is 3. The molecule has 0 saturated carbocycles.